The van der Waals surface area contributed by atoms with Crippen LogP contribution >= 0.6 is 0 Å². The van der Waals surface area contributed by atoms with Gasteiger partial charge in [0.1, 0.15) is 0 Å². The van der Waals surface area contributed by atoms with Crippen LogP contribution in [0.25, 0.3) is 0 Å². The van der Waals surface area contributed by atoms with Gasteiger partial charge in [0.25, 0.3) is 0 Å². The molecule has 0 saturated carbocycles. The van der Waals surface area contributed by atoms with Gasteiger partial charge in [-0.25, -0.2) is 0 Å². The van der Waals surface area contributed by atoms with E-state index in [0.29, 0.717) is 6.42 Å². The Labute approximate surface area is 133 Å². The zero-order valence-electron chi connectivity index (χ0n) is 13.4. The lowest BCUT2D eigenvalue weighted by Gasteiger charge is -2.30. The number of hydrogen-bond donors (Lipinski definition) is 1. The molecule has 2 N–H and O–H groups in total. The maximum Gasteiger partial charge on any atom is 0.222 e. The van der Waals surface area contributed by atoms with Crippen LogP contribution in [0.5, 0.6) is 0 Å². The van der Waals surface area contributed by atoms with Crippen LogP contribution in [0, 0.1) is 0 Å². The molecule has 0 spiro atoms. The summed E-state index contributed by atoms with van der Waals surface area (Å²) in [5.74, 6) is 0.288. The molecule has 4 heteroatoms. The Bertz CT molecular complexity index is 517. The summed E-state index contributed by atoms with van der Waals surface area (Å²) in [6.07, 6.45) is 7.54. The van der Waals surface area contributed by atoms with Crippen LogP contribution in [0.15, 0.2) is 18.2 Å². The van der Waals surface area contributed by atoms with E-state index in [1.54, 1.807) is 0 Å². The lowest BCUT2D eigenvalue weighted by Crippen LogP contribution is -2.30. The van der Waals surface area contributed by atoms with E-state index in [1.807, 2.05) is 4.90 Å². The summed E-state index contributed by atoms with van der Waals surface area (Å²) in [6, 6.07) is 6.33. The van der Waals surface area contributed by atoms with Crippen LogP contribution in [0.3, 0.4) is 0 Å². The van der Waals surface area contributed by atoms with Gasteiger partial charge in [-0.15, -0.1) is 0 Å². The molecule has 0 aliphatic carbocycles. The molecule has 2 heterocycles. The molecule has 2 aliphatic rings. The number of nitrogens with two attached hydrogens (primary N) is 1. The van der Waals surface area contributed by atoms with Gasteiger partial charge >= 0.3 is 0 Å². The van der Waals surface area contributed by atoms with Gasteiger partial charge in [-0.05, 0) is 56.2 Å². The second-order valence-electron chi connectivity index (χ2n) is 6.53. The zero-order valence-corrected chi connectivity index (χ0v) is 13.4. The average Bonchev–Trinajstić information content (AvgIpc) is 3.08. The second-order valence-corrected chi connectivity index (χ2v) is 6.53. The van der Waals surface area contributed by atoms with Gasteiger partial charge < -0.3 is 15.5 Å². The fourth-order valence-electron chi connectivity index (χ4n) is 3.56. The molecule has 1 aromatic rings. The molecule has 2 fully saturated rings. The van der Waals surface area contributed by atoms with Crippen molar-refractivity contribution in [2.24, 2.45) is 0 Å². The summed E-state index contributed by atoms with van der Waals surface area (Å²) < 4.78 is 0. The van der Waals surface area contributed by atoms with Gasteiger partial charge in [0, 0.05) is 32.6 Å². The molecule has 4 nitrogen and oxygen atoms in total. The number of aryl methyl sites for hydroxylation is 1. The number of piperidine rings is 1. The van der Waals surface area contributed by atoms with Gasteiger partial charge in [-0.3, -0.25) is 4.79 Å². The van der Waals surface area contributed by atoms with E-state index in [4.69, 9.17) is 5.73 Å². The largest absolute Gasteiger partial charge is 0.397 e. The lowest BCUT2D eigenvalue weighted by atomic mass is 10.1. The average molecular weight is 301 g/mol. The molecular formula is C18H27N3O. The first-order chi connectivity index (χ1) is 10.7. The Kier molecular flexibility index (Phi) is 4.86. The van der Waals surface area contributed by atoms with Crippen molar-refractivity contribution >= 4 is 17.3 Å². The molecule has 22 heavy (non-hydrogen) atoms. The molecule has 0 radical (unpaired) electrons. The van der Waals surface area contributed by atoms with Crippen LogP contribution in [-0.4, -0.2) is 37.0 Å². The molecular weight excluding hydrogens is 274 g/mol. The van der Waals surface area contributed by atoms with Crippen molar-refractivity contribution < 1.29 is 4.79 Å². The van der Waals surface area contributed by atoms with Crippen LogP contribution in [-0.2, 0) is 11.2 Å². The number of hydrogen-bond acceptors (Lipinski definition) is 3. The van der Waals surface area contributed by atoms with Crippen LogP contribution in [0.2, 0.25) is 0 Å². The molecule has 0 atom stereocenters. The molecule has 3 rings (SSSR count). The minimum absolute atomic E-state index is 0.288. The van der Waals surface area contributed by atoms with Gasteiger partial charge in [0.15, 0.2) is 0 Å². The third-order valence-electron chi connectivity index (χ3n) is 4.88. The number of nitrogen functional groups attached to an aromatic ring is 1. The first-order valence-corrected chi connectivity index (χ1v) is 8.65. The van der Waals surface area contributed by atoms with Crippen LogP contribution in [0.4, 0.5) is 11.4 Å². The number of amides is 1. The quantitative estimate of drug-likeness (QED) is 0.870. The summed E-state index contributed by atoms with van der Waals surface area (Å²) >= 11 is 0. The standard InChI is InChI=1S/C18H27N3O/c19-16-14-15(7-9-18(22)21-12-4-5-13-21)6-8-17(16)20-10-2-1-3-11-20/h6,8,14H,1-5,7,9-13,19H2. The Morgan fingerprint density at radius 2 is 1.68 bits per heavy atom. The van der Waals surface area contributed by atoms with E-state index in [-0.39, 0.29) is 5.91 Å². The molecule has 120 valence electrons. The summed E-state index contributed by atoms with van der Waals surface area (Å²) in [5.41, 5.74) is 9.43. The number of rotatable bonds is 4. The number of nitrogens with zero attached hydrogens (tertiary/aromatic N) is 2. The van der Waals surface area contributed by atoms with E-state index in [1.165, 1.54) is 24.8 Å². The second kappa shape index (κ2) is 7.03. The highest BCUT2D eigenvalue weighted by Gasteiger charge is 2.18. The smallest absolute Gasteiger partial charge is 0.222 e. The van der Waals surface area contributed by atoms with Crippen LogP contribution < -0.4 is 10.6 Å². The predicted octanol–water partition coefficient (Wildman–Crippen LogP) is 2.81. The van der Waals surface area contributed by atoms with Crippen molar-refractivity contribution in [2.45, 2.75) is 44.9 Å². The van der Waals surface area contributed by atoms with Gasteiger partial charge in [-0.2, -0.15) is 0 Å². The Hall–Kier alpha value is -1.71. The normalized spacial score (nSPS) is 18.7. The minimum atomic E-state index is 0.288. The molecule has 0 unspecified atom stereocenters. The first-order valence-electron chi connectivity index (χ1n) is 8.65. The minimum Gasteiger partial charge on any atom is -0.397 e. The van der Waals surface area contributed by atoms with Gasteiger partial charge in [-0.1, -0.05) is 6.07 Å². The molecule has 1 aromatic carbocycles. The van der Waals surface area contributed by atoms with Crippen molar-refractivity contribution in [3.05, 3.63) is 23.8 Å². The molecule has 0 bridgehead atoms. The van der Waals surface area contributed by atoms with Crippen molar-refractivity contribution in [1.29, 1.82) is 0 Å². The molecule has 2 aliphatic heterocycles. The predicted molar refractivity (Wildman–Crippen MR) is 91.1 cm³/mol. The topological polar surface area (TPSA) is 49.6 Å². The zero-order chi connectivity index (χ0) is 15.4. The van der Waals surface area contributed by atoms with Gasteiger partial charge in [0.05, 0.1) is 11.4 Å². The van der Waals surface area contributed by atoms with E-state index in [2.05, 4.69) is 23.1 Å². The first kappa shape index (κ1) is 15.2. The van der Waals surface area contributed by atoms with Crippen molar-refractivity contribution in [3.8, 4) is 0 Å². The van der Waals surface area contributed by atoms with Gasteiger partial charge in [0.2, 0.25) is 5.91 Å². The van der Waals surface area contributed by atoms with Crippen molar-refractivity contribution in [2.75, 3.05) is 36.8 Å². The van der Waals surface area contributed by atoms with Crippen molar-refractivity contribution in [1.82, 2.24) is 4.90 Å². The maximum atomic E-state index is 12.1. The Morgan fingerprint density at radius 3 is 2.36 bits per heavy atom. The summed E-state index contributed by atoms with van der Waals surface area (Å²) in [6.45, 7) is 4.09. The van der Waals surface area contributed by atoms with Crippen LogP contribution in [0.1, 0.15) is 44.1 Å². The number of likely N-dealkylation sites (tertiary alicyclic amines) is 1. The molecule has 1 amide bonds. The molecule has 2 saturated heterocycles. The summed E-state index contributed by atoms with van der Waals surface area (Å²) in [4.78, 5) is 16.5. The summed E-state index contributed by atoms with van der Waals surface area (Å²) in [7, 11) is 0. The fourth-order valence-corrected chi connectivity index (χ4v) is 3.56. The van der Waals surface area contributed by atoms with E-state index in [0.717, 1.165) is 56.8 Å². The highest BCUT2D eigenvalue weighted by molar-refractivity contribution is 5.77. The highest BCUT2D eigenvalue weighted by Crippen LogP contribution is 2.27. The number of carbonyl (C=O) groups excluding carboxylic acids is 1. The molecule has 0 aromatic heterocycles. The Morgan fingerprint density at radius 1 is 1.00 bits per heavy atom. The maximum absolute atomic E-state index is 12.1. The lowest BCUT2D eigenvalue weighted by molar-refractivity contribution is -0.130. The van der Waals surface area contributed by atoms with Crippen molar-refractivity contribution in [3.63, 3.8) is 0 Å². The SMILES string of the molecule is Nc1cc(CCC(=O)N2CCCC2)ccc1N1CCCCC1. The van der Waals surface area contributed by atoms with E-state index < -0.39 is 0 Å². The fraction of sp³-hybridized carbons (Fsp3) is 0.611. The van der Waals surface area contributed by atoms with E-state index in [9.17, 15) is 4.79 Å². The number of benzene rings is 1. The third-order valence-corrected chi connectivity index (χ3v) is 4.88. The number of carbonyl (C=O) groups is 1. The summed E-state index contributed by atoms with van der Waals surface area (Å²) in [5, 5.41) is 0. The highest BCUT2D eigenvalue weighted by atomic mass is 16.2. The van der Waals surface area contributed by atoms with E-state index >= 15 is 0 Å². The monoisotopic (exact) mass is 301 g/mol. The number of anilines is 2. The third kappa shape index (κ3) is 3.54. The Balaban J connectivity index is 1.58.